The van der Waals surface area contributed by atoms with E-state index < -0.39 is 6.10 Å². The smallest absolute Gasteiger partial charge is 0.162 e. The van der Waals surface area contributed by atoms with Gasteiger partial charge in [0.15, 0.2) is 5.82 Å². The van der Waals surface area contributed by atoms with Gasteiger partial charge in [-0.3, -0.25) is 0 Å². The quantitative estimate of drug-likeness (QED) is 0.813. The van der Waals surface area contributed by atoms with Gasteiger partial charge >= 0.3 is 0 Å². The summed E-state index contributed by atoms with van der Waals surface area (Å²) in [7, 11) is 0. The Morgan fingerprint density at radius 1 is 1.47 bits per heavy atom. The van der Waals surface area contributed by atoms with Crippen LogP contribution in [0.3, 0.4) is 0 Å². The molecule has 2 aromatic heterocycles. The van der Waals surface area contributed by atoms with Crippen molar-refractivity contribution in [2.75, 3.05) is 0 Å². The minimum Gasteiger partial charge on any atom is -0.472 e. The lowest BCUT2D eigenvalue weighted by Crippen LogP contribution is -2.00. The molecule has 2 rings (SSSR count). The van der Waals surface area contributed by atoms with Crippen LogP contribution in [-0.4, -0.2) is 15.1 Å². The molecular formula is C11H12N2O2. The van der Waals surface area contributed by atoms with E-state index in [2.05, 4.69) is 9.97 Å². The summed E-state index contributed by atoms with van der Waals surface area (Å²) in [5.41, 5.74) is 2.38. The third kappa shape index (κ3) is 1.89. The fourth-order valence-corrected chi connectivity index (χ4v) is 1.42. The van der Waals surface area contributed by atoms with Crippen LogP contribution in [0.2, 0.25) is 0 Å². The second kappa shape index (κ2) is 3.82. The van der Waals surface area contributed by atoms with Gasteiger partial charge in [0.1, 0.15) is 6.26 Å². The van der Waals surface area contributed by atoms with Crippen LogP contribution in [0.5, 0.6) is 0 Å². The third-order valence-corrected chi connectivity index (χ3v) is 2.25. The number of nitrogens with zero attached hydrogens (tertiary/aromatic N) is 2. The van der Waals surface area contributed by atoms with Gasteiger partial charge < -0.3 is 9.52 Å². The van der Waals surface area contributed by atoms with Gasteiger partial charge in [-0.05, 0) is 19.9 Å². The monoisotopic (exact) mass is 204 g/mol. The zero-order chi connectivity index (χ0) is 10.8. The molecule has 0 spiro atoms. The van der Waals surface area contributed by atoms with Crippen molar-refractivity contribution in [3.8, 4) is 11.4 Å². The first-order valence-corrected chi connectivity index (χ1v) is 4.72. The molecule has 0 saturated heterocycles. The first-order valence-electron chi connectivity index (χ1n) is 4.72. The van der Waals surface area contributed by atoms with E-state index in [1.807, 2.05) is 6.92 Å². The number of furan rings is 1. The van der Waals surface area contributed by atoms with Gasteiger partial charge in [0, 0.05) is 17.5 Å². The molecule has 1 N–H and O–H groups in total. The topological polar surface area (TPSA) is 59.2 Å². The highest BCUT2D eigenvalue weighted by molar-refractivity contribution is 5.52. The van der Waals surface area contributed by atoms with Crippen LogP contribution in [0.25, 0.3) is 11.4 Å². The Hall–Kier alpha value is -1.68. The first kappa shape index (κ1) is 9.86. The van der Waals surface area contributed by atoms with Crippen molar-refractivity contribution in [1.82, 2.24) is 9.97 Å². The second-order valence-corrected chi connectivity index (χ2v) is 3.42. The van der Waals surface area contributed by atoms with E-state index >= 15 is 0 Å². The predicted molar refractivity (Wildman–Crippen MR) is 55.1 cm³/mol. The fourth-order valence-electron chi connectivity index (χ4n) is 1.42. The molecule has 0 aromatic carbocycles. The van der Waals surface area contributed by atoms with Gasteiger partial charge in [0.25, 0.3) is 0 Å². The highest BCUT2D eigenvalue weighted by atomic mass is 16.3. The SMILES string of the molecule is Cc1nc(-c2ccoc2)ncc1C(C)O. The zero-order valence-electron chi connectivity index (χ0n) is 8.64. The van der Waals surface area contributed by atoms with E-state index in [4.69, 9.17) is 4.42 Å². The summed E-state index contributed by atoms with van der Waals surface area (Å²) >= 11 is 0. The number of aryl methyl sites for hydroxylation is 1. The summed E-state index contributed by atoms with van der Waals surface area (Å²) in [6, 6.07) is 1.80. The van der Waals surface area contributed by atoms with E-state index in [1.165, 1.54) is 0 Å². The third-order valence-electron chi connectivity index (χ3n) is 2.25. The molecule has 2 heterocycles. The minimum absolute atomic E-state index is 0.539. The predicted octanol–water partition coefficient (Wildman–Crippen LogP) is 2.10. The molecule has 0 amide bonds. The van der Waals surface area contributed by atoms with Gasteiger partial charge in [-0.1, -0.05) is 0 Å². The van der Waals surface area contributed by atoms with Gasteiger partial charge in [0.2, 0.25) is 0 Å². The number of rotatable bonds is 2. The lowest BCUT2D eigenvalue weighted by atomic mass is 10.1. The van der Waals surface area contributed by atoms with Gasteiger partial charge in [-0.2, -0.15) is 0 Å². The average molecular weight is 204 g/mol. The van der Waals surface area contributed by atoms with Crippen LogP contribution in [-0.2, 0) is 0 Å². The molecule has 0 aliphatic rings. The lowest BCUT2D eigenvalue weighted by molar-refractivity contribution is 0.197. The molecule has 78 valence electrons. The molecular weight excluding hydrogens is 192 g/mol. The van der Waals surface area contributed by atoms with Crippen molar-refractivity contribution < 1.29 is 9.52 Å². The van der Waals surface area contributed by atoms with Crippen molar-refractivity contribution in [2.24, 2.45) is 0 Å². The van der Waals surface area contributed by atoms with Crippen LogP contribution >= 0.6 is 0 Å². The van der Waals surface area contributed by atoms with Crippen molar-refractivity contribution in [2.45, 2.75) is 20.0 Å². The number of aliphatic hydroxyl groups is 1. The molecule has 0 bridgehead atoms. The van der Waals surface area contributed by atoms with E-state index in [0.717, 1.165) is 16.8 Å². The van der Waals surface area contributed by atoms with Gasteiger partial charge in [-0.25, -0.2) is 9.97 Å². The summed E-state index contributed by atoms with van der Waals surface area (Å²) in [4.78, 5) is 8.48. The number of hydrogen-bond acceptors (Lipinski definition) is 4. The largest absolute Gasteiger partial charge is 0.472 e. The molecule has 0 aliphatic carbocycles. The zero-order valence-corrected chi connectivity index (χ0v) is 8.64. The van der Waals surface area contributed by atoms with Gasteiger partial charge in [0.05, 0.1) is 17.9 Å². The van der Waals surface area contributed by atoms with Crippen LogP contribution in [0.15, 0.2) is 29.2 Å². The summed E-state index contributed by atoms with van der Waals surface area (Å²) in [5.74, 6) is 0.616. The van der Waals surface area contributed by atoms with E-state index in [1.54, 1.807) is 31.7 Å². The Balaban J connectivity index is 2.42. The van der Waals surface area contributed by atoms with Gasteiger partial charge in [-0.15, -0.1) is 0 Å². The van der Waals surface area contributed by atoms with Crippen LogP contribution in [0.1, 0.15) is 24.3 Å². The average Bonchev–Trinajstić information content (AvgIpc) is 2.69. The molecule has 1 atom stereocenters. The maximum atomic E-state index is 9.43. The Morgan fingerprint density at radius 2 is 2.27 bits per heavy atom. The minimum atomic E-state index is -0.539. The number of hydrogen-bond donors (Lipinski definition) is 1. The molecule has 15 heavy (non-hydrogen) atoms. The maximum Gasteiger partial charge on any atom is 0.162 e. The second-order valence-electron chi connectivity index (χ2n) is 3.42. The summed E-state index contributed by atoms with van der Waals surface area (Å²) in [5, 5.41) is 9.43. The molecule has 0 saturated carbocycles. The van der Waals surface area contributed by atoms with Crippen molar-refractivity contribution >= 4 is 0 Å². The van der Waals surface area contributed by atoms with Crippen molar-refractivity contribution in [1.29, 1.82) is 0 Å². The summed E-state index contributed by atoms with van der Waals surface area (Å²) < 4.78 is 4.96. The number of aromatic nitrogens is 2. The van der Waals surface area contributed by atoms with Crippen LogP contribution in [0.4, 0.5) is 0 Å². The van der Waals surface area contributed by atoms with Crippen LogP contribution in [0, 0.1) is 6.92 Å². The molecule has 4 heteroatoms. The highest BCUT2D eigenvalue weighted by Gasteiger charge is 2.09. The molecule has 2 aromatic rings. The van der Waals surface area contributed by atoms with E-state index in [9.17, 15) is 5.11 Å². The standard InChI is InChI=1S/C11H12N2O2/c1-7-10(8(2)14)5-12-11(13-7)9-3-4-15-6-9/h3-6,8,14H,1-2H3. The molecule has 0 aliphatic heterocycles. The van der Waals surface area contributed by atoms with Crippen molar-refractivity contribution in [3.63, 3.8) is 0 Å². The Kier molecular flexibility index (Phi) is 2.51. The van der Waals surface area contributed by atoms with E-state index in [0.29, 0.717) is 5.82 Å². The molecule has 1 unspecified atom stereocenters. The molecule has 0 fully saturated rings. The van der Waals surface area contributed by atoms with Crippen LogP contribution < -0.4 is 0 Å². The van der Waals surface area contributed by atoms with E-state index in [-0.39, 0.29) is 0 Å². The Morgan fingerprint density at radius 3 is 2.80 bits per heavy atom. The number of aliphatic hydroxyl groups excluding tert-OH is 1. The first-order chi connectivity index (χ1) is 7.18. The molecule has 0 radical (unpaired) electrons. The lowest BCUT2D eigenvalue weighted by Gasteiger charge is -2.07. The molecule has 4 nitrogen and oxygen atoms in total. The fraction of sp³-hybridized carbons (Fsp3) is 0.273. The Labute approximate surface area is 87.6 Å². The maximum absolute atomic E-state index is 9.43. The summed E-state index contributed by atoms with van der Waals surface area (Å²) in [6.07, 6.45) is 4.28. The Bertz CT molecular complexity index is 450. The normalized spacial score (nSPS) is 12.7. The summed E-state index contributed by atoms with van der Waals surface area (Å²) in [6.45, 7) is 3.55. The highest BCUT2D eigenvalue weighted by Crippen LogP contribution is 2.19. The van der Waals surface area contributed by atoms with Crippen molar-refractivity contribution in [3.05, 3.63) is 36.0 Å².